The highest BCUT2D eigenvalue weighted by Crippen LogP contribution is 2.13. The zero-order valence-corrected chi connectivity index (χ0v) is 10.3. The normalized spacial score (nSPS) is 11.0. The zero-order chi connectivity index (χ0) is 15.2. The van der Waals surface area contributed by atoms with Crippen LogP contribution < -0.4 is 10.6 Å². The van der Waals surface area contributed by atoms with Crippen LogP contribution in [0.25, 0.3) is 0 Å². The number of carbonyl (C=O) groups excluding carboxylic acids is 2. The summed E-state index contributed by atoms with van der Waals surface area (Å²) in [7, 11) is 0. The Morgan fingerprint density at radius 2 is 1.55 bits per heavy atom. The van der Waals surface area contributed by atoms with E-state index in [0.717, 1.165) is 0 Å². The van der Waals surface area contributed by atoms with Gasteiger partial charge in [0, 0.05) is 13.1 Å². The van der Waals surface area contributed by atoms with Crippen molar-refractivity contribution in [2.24, 2.45) is 0 Å². The van der Waals surface area contributed by atoms with Gasteiger partial charge in [-0.15, -0.1) is 0 Å². The van der Waals surface area contributed by atoms with E-state index in [1.165, 1.54) is 24.3 Å². The first kappa shape index (κ1) is 15.9. The van der Waals surface area contributed by atoms with Crippen LogP contribution in [-0.2, 0) is 16.0 Å². The quantitative estimate of drug-likeness (QED) is 0.632. The van der Waals surface area contributed by atoms with E-state index in [2.05, 4.69) is 5.32 Å². The smallest absolute Gasteiger partial charge is 0.354 e. The van der Waals surface area contributed by atoms with E-state index in [9.17, 15) is 27.2 Å². The number of alkyl halides is 3. The molecule has 0 atom stereocenters. The fourth-order valence-corrected chi connectivity index (χ4v) is 1.33. The predicted molar refractivity (Wildman–Crippen MR) is 62.2 cm³/mol. The van der Waals surface area contributed by atoms with Crippen LogP contribution in [0.5, 0.6) is 0 Å². The molecule has 2 N–H and O–H groups in total. The van der Waals surface area contributed by atoms with Gasteiger partial charge in [0.1, 0.15) is 5.82 Å². The van der Waals surface area contributed by atoms with Crippen molar-refractivity contribution in [1.82, 2.24) is 10.6 Å². The molecule has 0 bridgehead atoms. The van der Waals surface area contributed by atoms with E-state index >= 15 is 0 Å². The number of amides is 2. The van der Waals surface area contributed by atoms with Crippen LogP contribution in [0.1, 0.15) is 5.56 Å². The predicted octanol–water partition coefficient (Wildman–Crippen LogP) is 1.16. The second-order valence-electron chi connectivity index (χ2n) is 3.91. The van der Waals surface area contributed by atoms with Gasteiger partial charge in [-0.2, -0.15) is 13.2 Å². The number of nitrogens with one attached hydrogen (secondary N) is 2. The van der Waals surface area contributed by atoms with Crippen LogP contribution >= 0.6 is 0 Å². The lowest BCUT2D eigenvalue weighted by atomic mass is 10.1. The maximum atomic E-state index is 12.6. The summed E-state index contributed by atoms with van der Waals surface area (Å²) in [5, 5.41) is 3.96. The lowest BCUT2D eigenvalue weighted by Gasteiger charge is -2.08. The molecule has 4 nitrogen and oxygen atoms in total. The highest BCUT2D eigenvalue weighted by atomic mass is 19.4. The van der Waals surface area contributed by atoms with Crippen molar-refractivity contribution in [3.63, 3.8) is 0 Å². The average Bonchev–Trinajstić information content (AvgIpc) is 2.36. The van der Waals surface area contributed by atoms with Gasteiger partial charge in [0.05, 0.1) is 6.42 Å². The summed E-state index contributed by atoms with van der Waals surface area (Å²) >= 11 is 0. The first-order valence-corrected chi connectivity index (χ1v) is 5.65. The molecule has 1 rings (SSSR count). The van der Waals surface area contributed by atoms with Gasteiger partial charge in [0.2, 0.25) is 5.91 Å². The molecule has 0 radical (unpaired) electrons. The Kier molecular flexibility index (Phi) is 5.48. The molecule has 0 saturated carbocycles. The van der Waals surface area contributed by atoms with E-state index in [0.29, 0.717) is 5.56 Å². The lowest BCUT2D eigenvalue weighted by Crippen LogP contribution is -2.41. The third-order valence-electron chi connectivity index (χ3n) is 2.27. The first-order chi connectivity index (χ1) is 9.29. The minimum Gasteiger partial charge on any atom is -0.354 e. The van der Waals surface area contributed by atoms with Gasteiger partial charge in [-0.25, -0.2) is 4.39 Å². The molecule has 0 aliphatic rings. The molecular formula is C12H12F4N2O2. The van der Waals surface area contributed by atoms with E-state index in [-0.39, 0.29) is 19.5 Å². The van der Waals surface area contributed by atoms with Crippen molar-refractivity contribution in [1.29, 1.82) is 0 Å². The topological polar surface area (TPSA) is 58.2 Å². The van der Waals surface area contributed by atoms with Crippen LogP contribution in [0.2, 0.25) is 0 Å². The van der Waals surface area contributed by atoms with Crippen LogP contribution in [0.3, 0.4) is 0 Å². The van der Waals surface area contributed by atoms with Gasteiger partial charge in [-0.05, 0) is 17.7 Å². The molecule has 1 aromatic rings. The van der Waals surface area contributed by atoms with Crippen LogP contribution in [0.4, 0.5) is 17.6 Å². The van der Waals surface area contributed by atoms with E-state index in [1.54, 1.807) is 5.32 Å². The fraction of sp³-hybridized carbons (Fsp3) is 0.333. The minimum atomic E-state index is -4.93. The maximum Gasteiger partial charge on any atom is 0.471 e. The SMILES string of the molecule is O=C(Cc1ccc(F)cc1)NCCNC(=O)C(F)(F)F. The summed E-state index contributed by atoms with van der Waals surface area (Å²) in [5.41, 5.74) is 0.572. The van der Waals surface area contributed by atoms with Gasteiger partial charge in [-0.1, -0.05) is 12.1 Å². The largest absolute Gasteiger partial charge is 0.471 e. The molecule has 110 valence electrons. The summed E-state index contributed by atoms with van der Waals surface area (Å²) in [6, 6.07) is 5.26. The summed E-state index contributed by atoms with van der Waals surface area (Å²) in [6.45, 7) is -0.449. The molecule has 0 aliphatic carbocycles. The molecule has 0 fully saturated rings. The third-order valence-corrected chi connectivity index (χ3v) is 2.27. The Balaban J connectivity index is 2.24. The number of carbonyl (C=O) groups is 2. The minimum absolute atomic E-state index is 0.0203. The van der Waals surface area contributed by atoms with Gasteiger partial charge >= 0.3 is 12.1 Å². The van der Waals surface area contributed by atoms with Gasteiger partial charge < -0.3 is 10.6 Å². The molecule has 1 aromatic carbocycles. The number of rotatable bonds is 5. The molecule has 0 spiro atoms. The van der Waals surface area contributed by atoms with Crippen molar-refractivity contribution < 1.29 is 27.2 Å². The molecule has 0 heterocycles. The number of hydrogen-bond donors (Lipinski definition) is 2. The molecule has 8 heteroatoms. The molecule has 0 aliphatic heterocycles. The van der Waals surface area contributed by atoms with Gasteiger partial charge in [0.15, 0.2) is 0 Å². The second-order valence-corrected chi connectivity index (χ2v) is 3.91. The lowest BCUT2D eigenvalue weighted by molar-refractivity contribution is -0.173. The molecule has 0 aromatic heterocycles. The van der Waals surface area contributed by atoms with Crippen LogP contribution in [0, 0.1) is 5.82 Å². The van der Waals surface area contributed by atoms with Crippen molar-refractivity contribution in [3.05, 3.63) is 35.6 Å². The van der Waals surface area contributed by atoms with E-state index in [1.807, 2.05) is 0 Å². The summed E-state index contributed by atoms with van der Waals surface area (Å²) < 4.78 is 48.1. The van der Waals surface area contributed by atoms with Crippen LogP contribution in [0.15, 0.2) is 24.3 Å². The highest BCUT2D eigenvalue weighted by Gasteiger charge is 2.38. The Morgan fingerprint density at radius 1 is 1.00 bits per heavy atom. The summed E-state index contributed by atoms with van der Waals surface area (Å²) in [5.74, 6) is -2.91. The number of benzene rings is 1. The number of halogens is 4. The monoisotopic (exact) mass is 292 g/mol. The van der Waals surface area contributed by atoms with Crippen molar-refractivity contribution in [2.45, 2.75) is 12.6 Å². The first-order valence-electron chi connectivity index (χ1n) is 5.65. The summed E-state index contributed by atoms with van der Waals surface area (Å²) in [6.07, 6.45) is -4.95. The Morgan fingerprint density at radius 3 is 2.10 bits per heavy atom. The molecule has 0 unspecified atom stereocenters. The Labute approximate surface area is 112 Å². The third kappa shape index (κ3) is 5.68. The van der Waals surface area contributed by atoms with Crippen molar-refractivity contribution in [2.75, 3.05) is 13.1 Å². The maximum absolute atomic E-state index is 12.6. The zero-order valence-electron chi connectivity index (χ0n) is 10.3. The van der Waals surface area contributed by atoms with E-state index in [4.69, 9.17) is 0 Å². The van der Waals surface area contributed by atoms with Gasteiger partial charge in [0.25, 0.3) is 0 Å². The second kappa shape index (κ2) is 6.88. The summed E-state index contributed by atoms with van der Waals surface area (Å²) in [4.78, 5) is 21.8. The average molecular weight is 292 g/mol. The molecule has 0 saturated heterocycles. The highest BCUT2D eigenvalue weighted by molar-refractivity contribution is 5.82. The molecule has 2 amide bonds. The van der Waals surface area contributed by atoms with E-state index < -0.39 is 23.8 Å². The number of hydrogen-bond acceptors (Lipinski definition) is 2. The molecular weight excluding hydrogens is 280 g/mol. The molecule has 20 heavy (non-hydrogen) atoms. The van der Waals surface area contributed by atoms with Crippen molar-refractivity contribution in [3.8, 4) is 0 Å². The fourth-order valence-electron chi connectivity index (χ4n) is 1.33. The Hall–Kier alpha value is -2.12. The van der Waals surface area contributed by atoms with Gasteiger partial charge in [-0.3, -0.25) is 9.59 Å². The standard InChI is InChI=1S/C12H12F4N2O2/c13-9-3-1-8(2-4-9)7-10(19)17-5-6-18-11(20)12(14,15)16/h1-4H,5-7H2,(H,17,19)(H,18,20). The van der Waals surface area contributed by atoms with Crippen LogP contribution in [-0.4, -0.2) is 31.1 Å². The van der Waals surface area contributed by atoms with Crippen molar-refractivity contribution >= 4 is 11.8 Å². The Bertz CT molecular complexity index is 471.